The average molecular weight is 538 g/mol. The van der Waals surface area contributed by atoms with Gasteiger partial charge in [-0.1, -0.05) is 26.2 Å². The SMILES string of the molecule is CCCCCCOCCOCCOCCOCCOCCOCCOCCOCCOC1CCNCC1. The van der Waals surface area contributed by atoms with E-state index in [4.69, 9.17) is 42.6 Å². The molecule has 1 saturated heterocycles. The van der Waals surface area contributed by atoms with Gasteiger partial charge in [0.05, 0.1) is 112 Å². The summed E-state index contributed by atoms with van der Waals surface area (Å²) in [7, 11) is 0. The molecule has 1 rings (SSSR count). The van der Waals surface area contributed by atoms with E-state index in [2.05, 4.69) is 12.2 Å². The van der Waals surface area contributed by atoms with E-state index in [1.54, 1.807) is 0 Å². The minimum atomic E-state index is 0.381. The van der Waals surface area contributed by atoms with Crippen molar-refractivity contribution in [2.24, 2.45) is 0 Å². The molecule has 222 valence electrons. The third-order valence-electron chi connectivity index (χ3n) is 5.61. The van der Waals surface area contributed by atoms with Gasteiger partial charge >= 0.3 is 0 Å². The summed E-state index contributed by atoms with van der Waals surface area (Å²) >= 11 is 0. The maximum Gasteiger partial charge on any atom is 0.0704 e. The minimum Gasteiger partial charge on any atom is -0.379 e. The van der Waals surface area contributed by atoms with E-state index in [9.17, 15) is 0 Å². The van der Waals surface area contributed by atoms with E-state index in [-0.39, 0.29) is 0 Å². The van der Waals surface area contributed by atoms with Crippen molar-refractivity contribution in [3.8, 4) is 0 Å². The standard InChI is InChI=1S/C27H55NO9/c1-2-3-4-5-10-29-11-12-30-13-14-31-15-16-32-17-18-33-19-20-34-21-22-35-23-24-36-25-26-37-27-6-8-28-9-7-27/h27-28H,2-26H2,1H3. The normalized spacial score (nSPS) is 14.5. The number of ether oxygens (including phenoxy) is 9. The largest absolute Gasteiger partial charge is 0.379 e. The Bertz CT molecular complexity index is 429. The van der Waals surface area contributed by atoms with Crippen molar-refractivity contribution >= 4 is 0 Å². The number of hydrogen-bond donors (Lipinski definition) is 1. The molecule has 0 spiro atoms. The molecule has 0 unspecified atom stereocenters. The maximum atomic E-state index is 5.78. The van der Waals surface area contributed by atoms with E-state index in [0.29, 0.717) is 112 Å². The number of piperidine rings is 1. The molecule has 1 aliphatic heterocycles. The van der Waals surface area contributed by atoms with Gasteiger partial charge in [0.1, 0.15) is 0 Å². The highest BCUT2D eigenvalue weighted by molar-refractivity contribution is 4.67. The predicted octanol–water partition coefficient (Wildman–Crippen LogP) is 2.47. The molecule has 1 fully saturated rings. The minimum absolute atomic E-state index is 0.381. The van der Waals surface area contributed by atoms with Gasteiger partial charge in [0, 0.05) is 6.61 Å². The Morgan fingerprint density at radius 1 is 0.432 bits per heavy atom. The van der Waals surface area contributed by atoms with E-state index < -0.39 is 0 Å². The molecule has 0 atom stereocenters. The lowest BCUT2D eigenvalue weighted by Crippen LogP contribution is -2.33. The number of rotatable bonds is 30. The van der Waals surface area contributed by atoms with Crippen molar-refractivity contribution in [1.82, 2.24) is 5.32 Å². The van der Waals surface area contributed by atoms with Crippen LogP contribution < -0.4 is 5.32 Å². The van der Waals surface area contributed by atoms with Crippen molar-refractivity contribution in [1.29, 1.82) is 0 Å². The first-order valence-corrected chi connectivity index (χ1v) is 14.4. The summed E-state index contributed by atoms with van der Waals surface area (Å²) in [6.45, 7) is 14.3. The van der Waals surface area contributed by atoms with Crippen molar-refractivity contribution < 1.29 is 42.6 Å². The lowest BCUT2D eigenvalue weighted by molar-refractivity contribution is -0.0318. The van der Waals surface area contributed by atoms with Crippen LogP contribution in [0.2, 0.25) is 0 Å². The quantitative estimate of drug-likeness (QED) is 0.138. The van der Waals surface area contributed by atoms with Crippen LogP contribution in [-0.4, -0.2) is 132 Å². The van der Waals surface area contributed by atoms with Gasteiger partial charge in [-0.05, 0) is 32.4 Å². The molecule has 0 amide bonds. The van der Waals surface area contributed by atoms with E-state index >= 15 is 0 Å². The molecule has 10 nitrogen and oxygen atoms in total. The summed E-state index contributed by atoms with van der Waals surface area (Å²) in [5.74, 6) is 0. The Morgan fingerprint density at radius 3 is 1.16 bits per heavy atom. The third kappa shape index (κ3) is 27.0. The first-order chi connectivity index (χ1) is 18.4. The lowest BCUT2D eigenvalue weighted by atomic mass is 10.1. The van der Waals surface area contributed by atoms with E-state index in [0.717, 1.165) is 39.0 Å². The molecule has 1 aliphatic rings. The molecule has 1 N–H and O–H groups in total. The van der Waals surface area contributed by atoms with Gasteiger partial charge in [-0.2, -0.15) is 0 Å². The predicted molar refractivity (Wildman–Crippen MR) is 143 cm³/mol. The van der Waals surface area contributed by atoms with Crippen LogP contribution in [0.5, 0.6) is 0 Å². The fourth-order valence-corrected chi connectivity index (χ4v) is 3.51. The fraction of sp³-hybridized carbons (Fsp3) is 1.00. The third-order valence-corrected chi connectivity index (χ3v) is 5.61. The highest BCUT2D eigenvalue weighted by atomic mass is 16.6. The zero-order valence-corrected chi connectivity index (χ0v) is 23.4. The second-order valence-electron chi connectivity index (χ2n) is 8.78. The summed E-state index contributed by atoms with van der Waals surface area (Å²) in [5.41, 5.74) is 0. The Morgan fingerprint density at radius 2 is 0.784 bits per heavy atom. The first kappa shape index (κ1) is 34.6. The number of hydrogen-bond acceptors (Lipinski definition) is 10. The van der Waals surface area contributed by atoms with Gasteiger partial charge in [-0.15, -0.1) is 0 Å². The first-order valence-electron chi connectivity index (χ1n) is 14.4. The molecule has 1 heterocycles. The van der Waals surface area contributed by atoms with Crippen molar-refractivity contribution in [3.63, 3.8) is 0 Å². The van der Waals surface area contributed by atoms with Crippen LogP contribution in [-0.2, 0) is 42.6 Å². The second-order valence-corrected chi connectivity index (χ2v) is 8.78. The van der Waals surface area contributed by atoms with Gasteiger partial charge in [-0.25, -0.2) is 0 Å². The molecule has 0 aromatic heterocycles. The van der Waals surface area contributed by atoms with Gasteiger partial charge in [-0.3, -0.25) is 0 Å². The fourth-order valence-electron chi connectivity index (χ4n) is 3.51. The smallest absolute Gasteiger partial charge is 0.0704 e. The van der Waals surface area contributed by atoms with Crippen LogP contribution in [0.3, 0.4) is 0 Å². The zero-order chi connectivity index (χ0) is 26.3. The van der Waals surface area contributed by atoms with Gasteiger partial charge in [0.2, 0.25) is 0 Å². The summed E-state index contributed by atoms with van der Waals surface area (Å²) in [6, 6.07) is 0. The summed E-state index contributed by atoms with van der Waals surface area (Å²) < 4.78 is 49.7. The average Bonchev–Trinajstić information content (AvgIpc) is 2.93. The van der Waals surface area contributed by atoms with Crippen molar-refractivity contribution in [3.05, 3.63) is 0 Å². The molecule has 10 heteroatoms. The summed E-state index contributed by atoms with van der Waals surface area (Å²) in [5, 5.41) is 3.33. The topological polar surface area (TPSA) is 95.1 Å². The summed E-state index contributed by atoms with van der Waals surface area (Å²) in [6.07, 6.45) is 7.48. The van der Waals surface area contributed by atoms with Crippen LogP contribution in [0.15, 0.2) is 0 Å². The van der Waals surface area contributed by atoms with Gasteiger partial charge < -0.3 is 47.9 Å². The molecule has 0 aromatic carbocycles. The van der Waals surface area contributed by atoms with E-state index in [1.807, 2.05) is 0 Å². The molecule has 0 radical (unpaired) electrons. The van der Waals surface area contributed by atoms with Crippen molar-refractivity contribution in [2.45, 2.75) is 51.6 Å². The number of unbranched alkanes of at least 4 members (excludes halogenated alkanes) is 3. The molecule has 0 bridgehead atoms. The van der Waals surface area contributed by atoms with Crippen LogP contribution >= 0.6 is 0 Å². The highest BCUT2D eigenvalue weighted by Crippen LogP contribution is 2.06. The Kier molecular flexibility index (Phi) is 28.2. The van der Waals surface area contributed by atoms with Crippen molar-refractivity contribution in [2.75, 3.05) is 125 Å². The molecule has 0 saturated carbocycles. The van der Waals surface area contributed by atoms with Crippen LogP contribution in [0, 0.1) is 0 Å². The Balaban J connectivity index is 1.61. The summed E-state index contributed by atoms with van der Waals surface area (Å²) in [4.78, 5) is 0. The van der Waals surface area contributed by atoms with Crippen LogP contribution in [0.1, 0.15) is 45.4 Å². The molecular weight excluding hydrogens is 482 g/mol. The molecule has 37 heavy (non-hydrogen) atoms. The monoisotopic (exact) mass is 537 g/mol. The maximum absolute atomic E-state index is 5.78. The Hall–Kier alpha value is -0.400. The van der Waals surface area contributed by atoms with E-state index in [1.165, 1.54) is 19.3 Å². The van der Waals surface area contributed by atoms with Crippen LogP contribution in [0.4, 0.5) is 0 Å². The molecule has 0 aliphatic carbocycles. The van der Waals surface area contributed by atoms with Crippen LogP contribution in [0.25, 0.3) is 0 Å². The highest BCUT2D eigenvalue weighted by Gasteiger charge is 2.12. The zero-order valence-electron chi connectivity index (χ0n) is 23.4. The Labute approximate surface area is 225 Å². The lowest BCUT2D eigenvalue weighted by Gasteiger charge is -2.22. The molecular formula is C27H55NO9. The second kappa shape index (κ2) is 30.1. The number of nitrogens with one attached hydrogen (secondary N) is 1. The molecule has 0 aromatic rings. The van der Waals surface area contributed by atoms with Gasteiger partial charge in [0.25, 0.3) is 0 Å². The van der Waals surface area contributed by atoms with Gasteiger partial charge in [0.15, 0.2) is 0 Å².